The number of nitrogens with zero attached hydrogens (tertiary/aromatic N) is 4. The van der Waals surface area contributed by atoms with Crippen LogP contribution < -0.4 is 5.44 Å². The van der Waals surface area contributed by atoms with E-state index in [-0.39, 0.29) is 48.4 Å². The maximum atomic E-state index is 13.0. The fraction of sp³-hybridized carbons (Fsp3) is 0.571. The summed E-state index contributed by atoms with van der Waals surface area (Å²) in [6.07, 6.45) is 1.62. The molecule has 0 aliphatic rings. The number of esters is 1. The number of fused-ring (bicyclic) bond motifs is 1. The lowest BCUT2D eigenvalue weighted by atomic mass is 10.4. The molecule has 0 atom stereocenters. The monoisotopic (exact) mass is 390 g/mol. The van der Waals surface area contributed by atoms with Crippen molar-refractivity contribution in [2.45, 2.75) is 33.7 Å². The molecule has 0 saturated carbocycles. The van der Waals surface area contributed by atoms with Crippen LogP contribution >= 0.6 is 19.2 Å². The van der Waals surface area contributed by atoms with Crippen LogP contribution in [-0.2, 0) is 29.7 Å². The van der Waals surface area contributed by atoms with E-state index in [0.717, 1.165) is 0 Å². The maximum absolute atomic E-state index is 13.0. The van der Waals surface area contributed by atoms with E-state index in [1.165, 1.54) is 6.33 Å². The van der Waals surface area contributed by atoms with Gasteiger partial charge in [0.05, 0.1) is 32.6 Å². The van der Waals surface area contributed by atoms with Gasteiger partial charge in [-0.2, -0.15) is 4.98 Å². The molecule has 0 radical (unpaired) electrons. The number of hydrogen-bond donors (Lipinski definition) is 0. The van der Waals surface area contributed by atoms with E-state index in [1.54, 1.807) is 25.3 Å². The highest BCUT2D eigenvalue weighted by atomic mass is 35.5. The number of rotatable bonds is 9. The quantitative estimate of drug-likeness (QED) is 0.365. The number of halogens is 1. The number of imidazole rings is 1. The largest absolute Gasteiger partial charge is 0.466 e. The minimum atomic E-state index is -3.68. The summed E-state index contributed by atoms with van der Waals surface area (Å²) in [4.78, 5) is 23.9. The van der Waals surface area contributed by atoms with Crippen molar-refractivity contribution >= 4 is 41.8 Å². The van der Waals surface area contributed by atoms with Crippen LogP contribution in [0.25, 0.3) is 11.2 Å². The molecule has 138 valence electrons. The van der Waals surface area contributed by atoms with Crippen LogP contribution in [0.2, 0.25) is 5.28 Å². The van der Waals surface area contributed by atoms with E-state index in [9.17, 15) is 9.36 Å². The first-order valence-electron chi connectivity index (χ1n) is 7.88. The van der Waals surface area contributed by atoms with Gasteiger partial charge in [0.1, 0.15) is 5.52 Å². The lowest BCUT2D eigenvalue weighted by Crippen LogP contribution is -2.17. The van der Waals surface area contributed by atoms with Crippen molar-refractivity contribution in [3.63, 3.8) is 0 Å². The smallest absolute Gasteiger partial charge is 0.382 e. The van der Waals surface area contributed by atoms with Crippen LogP contribution in [0.1, 0.15) is 27.2 Å². The molecule has 9 nitrogen and oxygen atoms in total. The SMILES string of the molecule is CCOC(=O)CCn1cnc2c(P(=O)(OCC)OCC)nc(Cl)nc21. The molecule has 0 aliphatic carbocycles. The molecule has 0 fully saturated rings. The summed E-state index contributed by atoms with van der Waals surface area (Å²) >= 11 is 5.98. The number of aromatic nitrogens is 4. The minimum absolute atomic E-state index is 0.0149. The van der Waals surface area contributed by atoms with Crippen molar-refractivity contribution in [3.8, 4) is 0 Å². The number of ether oxygens (including phenoxy) is 1. The Balaban J connectivity index is 2.43. The lowest BCUT2D eigenvalue weighted by molar-refractivity contribution is -0.143. The molecule has 11 heteroatoms. The van der Waals surface area contributed by atoms with Gasteiger partial charge >= 0.3 is 13.6 Å². The number of carbonyl (C=O) groups excluding carboxylic acids is 1. The Kier molecular flexibility index (Phi) is 6.89. The first-order chi connectivity index (χ1) is 11.9. The first-order valence-corrected chi connectivity index (χ1v) is 9.80. The molecular formula is C14H20ClN4O5P. The minimum Gasteiger partial charge on any atom is -0.466 e. The zero-order chi connectivity index (χ0) is 18.4. The van der Waals surface area contributed by atoms with E-state index >= 15 is 0 Å². The molecule has 2 aromatic rings. The van der Waals surface area contributed by atoms with Crippen molar-refractivity contribution in [2.75, 3.05) is 19.8 Å². The highest BCUT2D eigenvalue weighted by molar-refractivity contribution is 7.62. The van der Waals surface area contributed by atoms with Gasteiger partial charge in [-0.1, -0.05) is 0 Å². The topological polar surface area (TPSA) is 105 Å². The van der Waals surface area contributed by atoms with Crippen molar-refractivity contribution in [2.24, 2.45) is 0 Å². The predicted molar refractivity (Wildman–Crippen MR) is 92.1 cm³/mol. The normalized spacial score (nSPS) is 11.8. The second kappa shape index (κ2) is 8.71. The second-order valence-corrected chi connectivity index (χ2v) is 7.09. The first kappa shape index (κ1) is 19.8. The van der Waals surface area contributed by atoms with Crippen LogP contribution in [0.15, 0.2) is 6.33 Å². The van der Waals surface area contributed by atoms with Gasteiger partial charge in [0.25, 0.3) is 0 Å². The van der Waals surface area contributed by atoms with Crippen LogP contribution in [-0.4, -0.2) is 45.3 Å². The van der Waals surface area contributed by atoms with Crippen LogP contribution in [0.4, 0.5) is 0 Å². The molecule has 0 spiro atoms. The number of aryl methyl sites for hydroxylation is 1. The summed E-state index contributed by atoms with van der Waals surface area (Å²) in [5.41, 5.74) is 0.624. The Labute approximate surface area is 150 Å². The molecule has 0 bridgehead atoms. The van der Waals surface area contributed by atoms with Crippen molar-refractivity contribution in [3.05, 3.63) is 11.6 Å². The second-order valence-electron chi connectivity index (χ2n) is 4.81. The third kappa shape index (κ3) is 4.55. The Morgan fingerprint density at radius 3 is 2.48 bits per heavy atom. The van der Waals surface area contributed by atoms with Crippen LogP contribution in [0, 0.1) is 0 Å². The van der Waals surface area contributed by atoms with Crippen molar-refractivity contribution < 1.29 is 23.1 Å². The third-order valence-corrected chi connectivity index (χ3v) is 5.33. The molecular weight excluding hydrogens is 371 g/mol. The van der Waals surface area contributed by atoms with E-state index < -0.39 is 7.60 Å². The summed E-state index contributed by atoms with van der Waals surface area (Å²) in [5.74, 6) is -0.334. The standard InChI is InChI=1S/C14H20ClN4O5P/c1-4-22-10(20)7-8-19-9-16-11-12(19)17-14(15)18-13(11)25(21,23-5-2)24-6-3/h9H,4-8H2,1-3H3. The van der Waals surface area contributed by atoms with E-state index in [2.05, 4.69) is 15.0 Å². The molecule has 0 aliphatic heterocycles. The molecule has 2 heterocycles. The molecule has 0 amide bonds. The summed E-state index contributed by atoms with van der Waals surface area (Å²) < 4.78 is 30.2. The Morgan fingerprint density at radius 1 is 1.20 bits per heavy atom. The summed E-state index contributed by atoms with van der Waals surface area (Å²) in [6, 6.07) is 0. The summed E-state index contributed by atoms with van der Waals surface area (Å²) in [7, 11) is -3.68. The van der Waals surface area contributed by atoms with Crippen LogP contribution in [0.3, 0.4) is 0 Å². The third-order valence-electron chi connectivity index (χ3n) is 3.14. The van der Waals surface area contributed by atoms with Gasteiger partial charge in [0.15, 0.2) is 11.1 Å². The number of hydrogen-bond acceptors (Lipinski definition) is 8. The molecule has 0 unspecified atom stereocenters. The lowest BCUT2D eigenvalue weighted by Gasteiger charge is -2.16. The maximum Gasteiger partial charge on any atom is 0.382 e. The van der Waals surface area contributed by atoms with Gasteiger partial charge in [-0.15, -0.1) is 0 Å². The van der Waals surface area contributed by atoms with Gasteiger partial charge < -0.3 is 18.4 Å². The fourth-order valence-electron chi connectivity index (χ4n) is 2.20. The van der Waals surface area contributed by atoms with Crippen molar-refractivity contribution in [1.29, 1.82) is 0 Å². The Morgan fingerprint density at radius 2 is 1.88 bits per heavy atom. The average molecular weight is 391 g/mol. The highest BCUT2D eigenvalue weighted by Gasteiger charge is 2.33. The van der Waals surface area contributed by atoms with E-state index in [4.69, 9.17) is 25.4 Å². The van der Waals surface area contributed by atoms with E-state index in [0.29, 0.717) is 12.3 Å². The summed E-state index contributed by atoms with van der Waals surface area (Å²) in [5, 5.41) is -0.111. The molecule has 2 aromatic heterocycles. The van der Waals surface area contributed by atoms with E-state index in [1.807, 2.05) is 0 Å². The van der Waals surface area contributed by atoms with Crippen molar-refractivity contribution in [1.82, 2.24) is 19.5 Å². The fourth-order valence-corrected chi connectivity index (χ4v) is 4.06. The Bertz CT molecular complexity index is 787. The molecule has 0 saturated heterocycles. The molecule has 2 rings (SSSR count). The summed E-state index contributed by atoms with van der Waals surface area (Å²) in [6.45, 7) is 6.08. The molecule has 0 N–H and O–H groups in total. The van der Waals surface area contributed by atoms with Crippen LogP contribution in [0.5, 0.6) is 0 Å². The zero-order valence-corrected chi connectivity index (χ0v) is 15.9. The van der Waals surface area contributed by atoms with Gasteiger partial charge in [-0.25, -0.2) is 9.97 Å². The average Bonchev–Trinajstić information content (AvgIpc) is 2.95. The molecule has 25 heavy (non-hydrogen) atoms. The van der Waals surface area contributed by atoms with Gasteiger partial charge in [0, 0.05) is 6.54 Å². The highest BCUT2D eigenvalue weighted by Crippen LogP contribution is 2.47. The molecule has 0 aromatic carbocycles. The number of carbonyl (C=O) groups is 1. The Hall–Kier alpha value is -1.54. The van der Waals surface area contributed by atoms with Gasteiger partial charge in [0.2, 0.25) is 5.28 Å². The van der Waals surface area contributed by atoms with Gasteiger partial charge in [-0.3, -0.25) is 9.36 Å². The predicted octanol–water partition coefficient (Wildman–Crippen LogP) is 2.32. The van der Waals surface area contributed by atoms with Gasteiger partial charge in [-0.05, 0) is 32.4 Å². The zero-order valence-electron chi connectivity index (χ0n) is 14.3.